The number of amides is 1. The standard InChI is InChI=1S/C17H26N2O.ClH/c1-14(2)19(13-16-6-4-3-5-7-16)17(20)12-15-8-10-18-11-9-15;/h3-7,14-15,18H,8-13H2,1-2H3;1H. The Morgan fingerprint density at radius 1 is 1.24 bits per heavy atom. The van der Waals surface area contributed by atoms with Crippen LogP contribution in [0.25, 0.3) is 0 Å². The van der Waals surface area contributed by atoms with Crippen molar-refractivity contribution in [3.63, 3.8) is 0 Å². The Labute approximate surface area is 134 Å². The molecular weight excluding hydrogens is 284 g/mol. The fourth-order valence-electron chi connectivity index (χ4n) is 2.79. The van der Waals surface area contributed by atoms with E-state index in [-0.39, 0.29) is 18.4 Å². The summed E-state index contributed by atoms with van der Waals surface area (Å²) in [6.07, 6.45) is 2.96. The molecular formula is C17H27ClN2O. The number of piperidine rings is 1. The molecule has 0 bridgehead atoms. The Kier molecular flexibility index (Phi) is 7.76. The average molecular weight is 311 g/mol. The lowest BCUT2D eigenvalue weighted by Gasteiger charge is -2.30. The smallest absolute Gasteiger partial charge is 0.223 e. The molecule has 1 fully saturated rings. The third-order valence-electron chi connectivity index (χ3n) is 4.06. The zero-order valence-electron chi connectivity index (χ0n) is 13.0. The van der Waals surface area contributed by atoms with Crippen molar-refractivity contribution in [3.8, 4) is 0 Å². The molecule has 0 spiro atoms. The van der Waals surface area contributed by atoms with Crippen molar-refractivity contribution in [2.24, 2.45) is 5.92 Å². The monoisotopic (exact) mass is 310 g/mol. The Hall–Kier alpha value is -1.06. The minimum atomic E-state index is 0. The van der Waals surface area contributed by atoms with Crippen LogP contribution in [0.2, 0.25) is 0 Å². The highest BCUT2D eigenvalue weighted by Crippen LogP contribution is 2.19. The summed E-state index contributed by atoms with van der Waals surface area (Å²) >= 11 is 0. The highest BCUT2D eigenvalue weighted by molar-refractivity contribution is 5.85. The van der Waals surface area contributed by atoms with Gasteiger partial charge in [0, 0.05) is 19.0 Å². The molecule has 1 heterocycles. The van der Waals surface area contributed by atoms with E-state index in [1.54, 1.807) is 0 Å². The molecule has 1 saturated heterocycles. The molecule has 0 aliphatic carbocycles. The van der Waals surface area contributed by atoms with E-state index in [0.29, 0.717) is 18.2 Å². The first-order valence-corrected chi connectivity index (χ1v) is 7.71. The Bertz CT molecular complexity index is 416. The average Bonchev–Trinajstić information content (AvgIpc) is 2.46. The van der Waals surface area contributed by atoms with Gasteiger partial charge in [-0.3, -0.25) is 4.79 Å². The van der Waals surface area contributed by atoms with Crippen LogP contribution in [0.3, 0.4) is 0 Å². The summed E-state index contributed by atoms with van der Waals surface area (Å²) in [5, 5.41) is 3.35. The molecule has 1 aromatic rings. The number of halogens is 1. The van der Waals surface area contributed by atoms with Crippen LogP contribution in [-0.4, -0.2) is 29.9 Å². The van der Waals surface area contributed by atoms with Crippen LogP contribution < -0.4 is 5.32 Å². The number of carbonyl (C=O) groups is 1. The third kappa shape index (κ3) is 5.68. The molecule has 1 aromatic carbocycles. The van der Waals surface area contributed by atoms with E-state index in [0.717, 1.165) is 32.5 Å². The molecule has 1 aliphatic rings. The largest absolute Gasteiger partial charge is 0.336 e. The second kappa shape index (κ2) is 9.06. The van der Waals surface area contributed by atoms with Gasteiger partial charge in [0.1, 0.15) is 0 Å². The third-order valence-corrected chi connectivity index (χ3v) is 4.06. The van der Waals surface area contributed by atoms with Gasteiger partial charge in [-0.25, -0.2) is 0 Å². The maximum atomic E-state index is 12.6. The fraction of sp³-hybridized carbons (Fsp3) is 0.588. The summed E-state index contributed by atoms with van der Waals surface area (Å²) in [4.78, 5) is 14.6. The molecule has 118 valence electrons. The first-order chi connectivity index (χ1) is 9.66. The van der Waals surface area contributed by atoms with Crippen molar-refractivity contribution < 1.29 is 4.79 Å². The van der Waals surface area contributed by atoms with Gasteiger partial charge in [0.2, 0.25) is 5.91 Å². The van der Waals surface area contributed by atoms with Crippen LogP contribution in [0, 0.1) is 5.92 Å². The second-order valence-electron chi connectivity index (χ2n) is 6.00. The summed E-state index contributed by atoms with van der Waals surface area (Å²) in [5.74, 6) is 0.858. The minimum absolute atomic E-state index is 0. The predicted molar refractivity (Wildman–Crippen MR) is 89.6 cm³/mol. The van der Waals surface area contributed by atoms with E-state index in [9.17, 15) is 4.79 Å². The Morgan fingerprint density at radius 3 is 2.43 bits per heavy atom. The van der Waals surface area contributed by atoms with Crippen molar-refractivity contribution >= 4 is 18.3 Å². The zero-order chi connectivity index (χ0) is 14.4. The molecule has 0 radical (unpaired) electrons. The van der Waals surface area contributed by atoms with Gasteiger partial charge in [0.25, 0.3) is 0 Å². The number of hydrogen-bond donors (Lipinski definition) is 1. The van der Waals surface area contributed by atoms with Gasteiger partial charge in [-0.15, -0.1) is 12.4 Å². The minimum Gasteiger partial charge on any atom is -0.336 e. The topological polar surface area (TPSA) is 32.3 Å². The summed E-state index contributed by atoms with van der Waals surface area (Å²) in [6, 6.07) is 10.5. The summed E-state index contributed by atoms with van der Waals surface area (Å²) in [7, 11) is 0. The van der Waals surface area contributed by atoms with Crippen LogP contribution in [0.15, 0.2) is 30.3 Å². The second-order valence-corrected chi connectivity index (χ2v) is 6.00. The molecule has 0 atom stereocenters. The molecule has 2 rings (SSSR count). The molecule has 0 unspecified atom stereocenters. The van der Waals surface area contributed by atoms with Crippen molar-refractivity contribution in [2.45, 2.75) is 45.7 Å². The SMILES string of the molecule is CC(C)N(Cc1ccccc1)C(=O)CC1CCNCC1.Cl. The molecule has 4 heteroatoms. The number of carbonyl (C=O) groups excluding carboxylic acids is 1. The van der Waals surface area contributed by atoms with E-state index in [1.807, 2.05) is 23.1 Å². The lowest BCUT2D eigenvalue weighted by Crippen LogP contribution is -2.38. The summed E-state index contributed by atoms with van der Waals surface area (Å²) in [5.41, 5.74) is 1.21. The number of hydrogen-bond acceptors (Lipinski definition) is 2. The lowest BCUT2D eigenvalue weighted by atomic mass is 9.94. The Morgan fingerprint density at radius 2 is 1.86 bits per heavy atom. The van der Waals surface area contributed by atoms with Gasteiger partial charge >= 0.3 is 0 Å². The van der Waals surface area contributed by atoms with Crippen LogP contribution in [0.5, 0.6) is 0 Å². The van der Waals surface area contributed by atoms with E-state index >= 15 is 0 Å². The predicted octanol–water partition coefficient (Wildman–Crippen LogP) is 3.24. The van der Waals surface area contributed by atoms with Crippen LogP contribution in [-0.2, 0) is 11.3 Å². The van der Waals surface area contributed by atoms with Crippen molar-refractivity contribution in [2.75, 3.05) is 13.1 Å². The van der Waals surface area contributed by atoms with Crippen LogP contribution >= 0.6 is 12.4 Å². The number of nitrogens with zero attached hydrogens (tertiary/aromatic N) is 1. The van der Waals surface area contributed by atoms with Gasteiger partial charge in [0.15, 0.2) is 0 Å². The molecule has 1 amide bonds. The molecule has 21 heavy (non-hydrogen) atoms. The van der Waals surface area contributed by atoms with Gasteiger partial charge < -0.3 is 10.2 Å². The zero-order valence-corrected chi connectivity index (χ0v) is 13.9. The lowest BCUT2D eigenvalue weighted by molar-refractivity contribution is -0.134. The molecule has 0 saturated carbocycles. The molecule has 1 aliphatic heterocycles. The van der Waals surface area contributed by atoms with Gasteiger partial charge in [0.05, 0.1) is 0 Å². The van der Waals surface area contributed by atoms with Crippen molar-refractivity contribution in [1.82, 2.24) is 10.2 Å². The number of rotatable bonds is 5. The maximum absolute atomic E-state index is 12.6. The first-order valence-electron chi connectivity index (χ1n) is 7.71. The quantitative estimate of drug-likeness (QED) is 0.905. The van der Waals surface area contributed by atoms with Crippen molar-refractivity contribution in [3.05, 3.63) is 35.9 Å². The number of nitrogens with one attached hydrogen (secondary N) is 1. The van der Waals surface area contributed by atoms with E-state index < -0.39 is 0 Å². The summed E-state index contributed by atoms with van der Waals surface area (Å²) in [6.45, 7) is 7.03. The van der Waals surface area contributed by atoms with Gasteiger partial charge in [-0.2, -0.15) is 0 Å². The normalized spacial score (nSPS) is 15.6. The van der Waals surface area contributed by atoms with Gasteiger partial charge in [-0.1, -0.05) is 30.3 Å². The van der Waals surface area contributed by atoms with Crippen molar-refractivity contribution in [1.29, 1.82) is 0 Å². The van der Waals surface area contributed by atoms with E-state index in [4.69, 9.17) is 0 Å². The Balaban J connectivity index is 0.00000220. The molecule has 0 aromatic heterocycles. The van der Waals surface area contributed by atoms with E-state index in [1.165, 1.54) is 5.56 Å². The highest BCUT2D eigenvalue weighted by Gasteiger charge is 2.22. The molecule has 3 nitrogen and oxygen atoms in total. The highest BCUT2D eigenvalue weighted by atomic mass is 35.5. The summed E-state index contributed by atoms with van der Waals surface area (Å²) < 4.78 is 0. The van der Waals surface area contributed by atoms with Crippen LogP contribution in [0.1, 0.15) is 38.7 Å². The number of benzene rings is 1. The fourth-order valence-corrected chi connectivity index (χ4v) is 2.79. The van der Waals surface area contributed by atoms with Gasteiger partial charge in [-0.05, 0) is 51.3 Å². The maximum Gasteiger partial charge on any atom is 0.223 e. The first kappa shape index (κ1) is 18.0. The van der Waals surface area contributed by atoms with E-state index in [2.05, 4.69) is 31.3 Å². The molecule has 1 N–H and O–H groups in total. The van der Waals surface area contributed by atoms with Crippen LogP contribution in [0.4, 0.5) is 0 Å².